The smallest absolute Gasteiger partial charge is 0.409 e. The molecule has 1 amide bonds. The summed E-state index contributed by atoms with van der Waals surface area (Å²) in [5.41, 5.74) is 2.97. The fraction of sp³-hybridized carbons (Fsp3) is 0.636. The lowest BCUT2D eigenvalue weighted by Gasteiger charge is -2.32. The number of guanidine groups is 1. The molecule has 2 heterocycles. The van der Waals surface area contributed by atoms with Crippen LogP contribution in [0.5, 0.6) is 0 Å². The van der Waals surface area contributed by atoms with Crippen molar-refractivity contribution in [2.75, 3.05) is 46.4 Å². The first-order chi connectivity index (χ1) is 14.2. The van der Waals surface area contributed by atoms with E-state index in [1.165, 1.54) is 11.1 Å². The molecule has 0 spiro atoms. The van der Waals surface area contributed by atoms with Gasteiger partial charge in [0.1, 0.15) is 0 Å². The molecule has 2 N–H and O–H groups in total. The number of benzene rings is 1. The Hall–Kier alpha value is -2.28. The number of carbonyl (C=O) groups is 1. The number of piperidine rings is 1. The van der Waals surface area contributed by atoms with Gasteiger partial charge in [-0.15, -0.1) is 0 Å². The number of amides is 1. The number of nitrogens with one attached hydrogen (secondary N) is 2. The van der Waals surface area contributed by atoms with Gasteiger partial charge < -0.3 is 20.3 Å². The molecule has 0 aliphatic carbocycles. The number of fused-ring (bicyclic) bond motifs is 1. The lowest BCUT2D eigenvalue weighted by molar-refractivity contribution is 0.0963. The maximum Gasteiger partial charge on any atom is 0.409 e. The Bertz CT molecular complexity index is 686. The standard InChI is InChI=1S/C22H35N5O2/c1-3-29-22(28)27-15-10-20(11-16-27)25-21(23-2)24-12-6-13-26-14-9-18-7-4-5-8-19(18)17-26/h4-5,7-8,20H,3,6,9-17H2,1-2H3,(H2,23,24,25). The zero-order valence-corrected chi connectivity index (χ0v) is 17.8. The molecule has 1 aromatic rings. The highest BCUT2D eigenvalue weighted by atomic mass is 16.6. The van der Waals surface area contributed by atoms with Gasteiger partial charge in [-0.3, -0.25) is 9.89 Å². The van der Waals surface area contributed by atoms with Crippen LogP contribution in [-0.4, -0.2) is 74.3 Å². The molecule has 29 heavy (non-hydrogen) atoms. The zero-order chi connectivity index (χ0) is 20.5. The van der Waals surface area contributed by atoms with E-state index in [0.717, 1.165) is 70.9 Å². The molecule has 3 rings (SSSR count). The molecule has 0 bridgehead atoms. The monoisotopic (exact) mass is 401 g/mol. The van der Waals surface area contributed by atoms with E-state index >= 15 is 0 Å². The van der Waals surface area contributed by atoms with Gasteiger partial charge in [0.2, 0.25) is 0 Å². The Morgan fingerprint density at radius 1 is 1.21 bits per heavy atom. The number of hydrogen-bond donors (Lipinski definition) is 2. The predicted molar refractivity (Wildman–Crippen MR) is 116 cm³/mol. The number of aliphatic imine (C=N–C) groups is 1. The first-order valence-electron chi connectivity index (χ1n) is 10.9. The average Bonchev–Trinajstić information content (AvgIpc) is 2.76. The molecular formula is C22H35N5O2. The van der Waals surface area contributed by atoms with Crippen molar-refractivity contribution < 1.29 is 9.53 Å². The summed E-state index contributed by atoms with van der Waals surface area (Å²) in [6.07, 6.45) is 3.86. The largest absolute Gasteiger partial charge is 0.450 e. The number of likely N-dealkylation sites (tertiary alicyclic amines) is 1. The maximum atomic E-state index is 11.8. The van der Waals surface area contributed by atoms with Crippen molar-refractivity contribution in [2.24, 2.45) is 4.99 Å². The van der Waals surface area contributed by atoms with Crippen molar-refractivity contribution in [1.29, 1.82) is 0 Å². The minimum absolute atomic E-state index is 0.200. The molecule has 0 atom stereocenters. The summed E-state index contributed by atoms with van der Waals surface area (Å²) in [5, 5.41) is 6.93. The summed E-state index contributed by atoms with van der Waals surface area (Å²) in [6, 6.07) is 9.11. The molecule has 1 aromatic carbocycles. The Kier molecular flexibility index (Phi) is 8.16. The van der Waals surface area contributed by atoms with E-state index in [0.29, 0.717) is 12.6 Å². The van der Waals surface area contributed by atoms with Crippen molar-refractivity contribution in [3.63, 3.8) is 0 Å². The van der Waals surface area contributed by atoms with E-state index in [9.17, 15) is 4.79 Å². The van der Waals surface area contributed by atoms with Crippen LogP contribution >= 0.6 is 0 Å². The summed E-state index contributed by atoms with van der Waals surface area (Å²) in [7, 11) is 1.81. The SMILES string of the molecule is CCOC(=O)N1CCC(NC(=NC)NCCCN2CCc3ccccc3C2)CC1. The van der Waals surface area contributed by atoms with Gasteiger partial charge in [0.15, 0.2) is 5.96 Å². The van der Waals surface area contributed by atoms with Crippen LogP contribution in [0.3, 0.4) is 0 Å². The van der Waals surface area contributed by atoms with Crippen LogP contribution in [-0.2, 0) is 17.7 Å². The third-order valence-corrected chi connectivity index (χ3v) is 5.74. The second-order valence-corrected chi connectivity index (χ2v) is 7.75. The number of ether oxygens (including phenoxy) is 1. The van der Waals surface area contributed by atoms with E-state index in [2.05, 4.69) is 44.8 Å². The Labute approximate surface area is 174 Å². The van der Waals surface area contributed by atoms with E-state index in [-0.39, 0.29) is 6.09 Å². The maximum absolute atomic E-state index is 11.8. The first kappa shape index (κ1) is 21.4. The Balaban J connectivity index is 1.32. The van der Waals surface area contributed by atoms with Gasteiger partial charge in [-0.2, -0.15) is 0 Å². The van der Waals surface area contributed by atoms with Crippen molar-refractivity contribution in [3.8, 4) is 0 Å². The van der Waals surface area contributed by atoms with E-state index in [1.807, 2.05) is 14.0 Å². The molecule has 7 nitrogen and oxygen atoms in total. The van der Waals surface area contributed by atoms with Crippen LogP contribution < -0.4 is 10.6 Å². The average molecular weight is 402 g/mol. The van der Waals surface area contributed by atoms with Crippen molar-refractivity contribution in [1.82, 2.24) is 20.4 Å². The summed E-state index contributed by atoms with van der Waals surface area (Å²) >= 11 is 0. The van der Waals surface area contributed by atoms with Crippen LogP contribution in [0.2, 0.25) is 0 Å². The minimum atomic E-state index is -0.200. The van der Waals surface area contributed by atoms with E-state index in [1.54, 1.807) is 4.90 Å². The molecule has 0 aromatic heterocycles. The van der Waals surface area contributed by atoms with Crippen LogP contribution in [0.25, 0.3) is 0 Å². The van der Waals surface area contributed by atoms with Crippen molar-refractivity contribution in [2.45, 2.75) is 45.2 Å². The van der Waals surface area contributed by atoms with Crippen LogP contribution in [0.15, 0.2) is 29.3 Å². The minimum Gasteiger partial charge on any atom is -0.450 e. The predicted octanol–water partition coefficient (Wildman–Crippen LogP) is 2.22. The molecule has 2 aliphatic heterocycles. The molecule has 160 valence electrons. The molecule has 7 heteroatoms. The third kappa shape index (κ3) is 6.35. The fourth-order valence-electron chi connectivity index (χ4n) is 4.06. The van der Waals surface area contributed by atoms with Gasteiger partial charge in [-0.1, -0.05) is 24.3 Å². The van der Waals surface area contributed by atoms with Gasteiger partial charge in [-0.25, -0.2) is 4.79 Å². The van der Waals surface area contributed by atoms with Crippen LogP contribution in [0, 0.1) is 0 Å². The van der Waals surface area contributed by atoms with Crippen molar-refractivity contribution >= 4 is 12.1 Å². The molecule has 1 fully saturated rings. The second kappa shape index (κ2) is 11.0. The summed E-state index contributed by atoms with van der Waals surface area (Å²) in [5.74, 6) is 0.851. The highest BCUT2D eigenvalue weighted by Crippen LogP contribution is 2.18. The van der Waals surface area contributed by atoms with Gasteiger partial charge in [0, 0.05) is 52.4 Å². The normalized spacial score (nSPS) is 18.3. The zero-order valence-electron chi connectivity index (χ0n) is 17.8. The highest BCUT2D eigenvalue weighted by Gasteiger charge is 2.24. The van der Waals surface area contributed by atoms with E-state index < -0.39 is 0 Å². The molecule has 0 unspecified atom stereocenters. The molecule has 1 saturated heterocycles. The number of carbonyl (C=O) groups excluding carboxylic acids is 1. The van der Waals surface area contributed by atoms with Crippen molar-refractivity contribution in [3.05, 3.63) is 35.4 Å². The summed E-state index contributed by atoms with van der Waals surface area (Å²) < 4.78 is 5.08. The van der Waals surface area contributed by atoms with Gasteiger partial charge in [0.25, 0.3) is 0 Å². The molecule has 2 aliphatic rings. The lowest BCUT2D eigenvalue weighted by Crippen LogP contribution is -2.50. The summed E-state index contributed by atoms with van der Waals surface area (Å²) in [4.78, 5) is 20.5. The Morgan fingerprint density at radius 2 is 1.97 bits per heavy atom. The third-order valence-electron chi connectivity index (χ3n) is 5.74. The highest BCUT2D eigenvalue weighted by molar-refractivity contribution is 5.80. The van der Waals surface area contributed by atoms with Crippen LogP contribution in [0.1, 0.15) is 37.3 Å². The lowest BCUT2D eigenvalue weighted by atomic mass is 10.00. The number of rotatable bonds is 6. The van der Waals surface area contributed by atoms with Crippen LogP contribution in [0.4, 0.5) is 4.79 Å². The fourth-order valence-corrected chi connectivity index (χ4v) is 4.06. The van der Waals surface area contributed by atoms with Gasteiger partial charge >= 0.3 is 6.09 Å². The number of nitrogens with zero attached hydrogens (tertiary/aromatic N) is 3. The first-order valence-corrected chi connectivity index (χ1v) is 10.9. The van der Waals surface area contributed by atoms with Gasteiger partial charge in [0.05, 0.1) is 6.61 Å². The quantitative estimate of drug-likeness (QED) is 0.435. The Morgan fingerprint density at radius 3 is 2.69 bits per heavy atom. The molecular weight excluding hydrogens is 366 g/mol. The topological polar surface area (TPSA) is 69.2 Å². The molecule has 0 saturated carbocycles. The summed E-state index contributed by atoms with van der Waals surface area (Å²) in [6.45, 7) is 7.92. The van der Waals surface area contributed by atoms with E-state index in [4.69, 9.17) is 4.74 Å². The second-order valence-electron chi connectivity index (χ2n) is 7.75. The molecule has 0 radical (unpaired) electrons. The number of hydrogen-bond acceptors (Lipinski definition) is 4. The van der Waals surface area contributed by atoms with Gasteiger partial charge in [-0.05, 0) is 43.7 Å².